The Morgan fingerprint density at radius 3 is 2.69 bits per heavy atom. The van der Waals surface area contributed by atoms with E-state index in [1.54, 1.807) is 13.0 Å². The Labute approximate surface area is 76.2 Å². The number of halogens is 1. The molecule has 0 saturated heterocycles. The lowest BCUT2D eigenvalue weighted by Crippen LogP contribution is -2.04. The van der Waals surface area contributed by atoms with Crippen molar-refractivity contribution in [3.8, 4) is 5.75 Å². The first kappa shape index (κ1) is 9.95. The second-order valence-electron chi connectivity index (χ2n) is 2.66. The molecule has 0 radical (unpaired) electrons. The minimum absolute atomic E-state index is 0.146. The molecule has 0 aliphatic heterocycles. The summed E-state index contributed by atoms with van der Waals surface area (Å²) in [6.45, 7) is 1.80. The summed E-state index contributed by atoms with van der Waals surface area (Å²) in [6.07, 6.45) is 0. The Morgan fingerprint density at radius 2 is 2.15 bits per heavy atom. The summed E-state index contributed by atoms with van der Waals surface area (Å²) in [7, 11) is 1.52. The molecule has 4 heteroatoms. The quantitative estimate of drug-likeness (QED) is 0.726. The minimum Gasteiger partial charge on any atom is -0.496 e. The zero-order valence-corrected chi connectivity index (χ0v) is 7.63. The van der Waals surface area contributed by atoms with E-state index in [1.165, 1.54) is 13.2 Å². The predicted octanol–water partition coefficient (Wildman–Crippen LogP) is 1.53. The van der Waals surface area contributed by atoms with Crippen molar-refractivity contribution in [3.05, 3.63) is 29.1 Å². The molecule has 1 aromatic rings. The van der Waals surface area contributed by atoms with Gasteiger partial charge >= 0.3 is 0 Å². The largest absolute Gasteiger partial charge is 0.496 e. The van der Waals surface area contributed by atoms with Crippen molar-refractivity contribution in [1.29, 1.82) is 0 Å². The maximum Gasteiger partial charge on any atom is 0.126 e. The van der Waals surface area contributed by atoms with Gasteiger partial charge in [0.05, 0.1) is 13.7 Å². The third-order valence-corrected chi connectivity index (χ3v) is 1.94. The molecular formula is C9H12FNO2. The number of methoxy groups -OCH3 is 1. The molecule has 0 atom stereocenters. The Bertz CT molecular complexity index is 302. The van der Waals surface area contributed by atoms with Crippen LogP contribution in [0.15, 0.2) is 12.1 Å². The van der Waals surface area contributed by atoms with Crippen molar-refractivity contribution >= 4 is 0 Å². The maximum absolute atomic E-state index is 13.1. The van der Waals surface area contributed by atoms with Crippen molar-refractivity contribution in [3.63, 3.8) is 0 Å². The van der Waals surface area contributed by atoms with Gasteiger partial charge in [0.25, 0.3) is 0 Å². The number of ether oxygens (including phenoxy) is 1. The summed E-state index contributed by atoms with van der Waals surface area (Å²) >= 11 is 0. The smallest absolute Gasteiger partial charge is 0.126 e. The summed E-state index contributed by atoms with van der Waals surface area (Å²) in [5.74, 6) is 5.23. The Morgan fingerprint density at radius 1 is 1.46 bits per heavy atom. The van der Waals surface area contributed by atoms with Crippen molar-refractivity contribution in [2.24, 2.45) is 5.90 Å². The van der Waals surface area contributed by atoms with Crippen molar-refractivity contribution in [2.75, 3.05) is 7.11 Å². The fourth-order valence-corrected chi connectivity index (χ4v) is 1.16. The van der Waals surface area contributed by atoms with E-state index >= 15 is 0 Å². The summed E-state index contributed by atoms with van der Waals surface area (Å²) in [4.78, 5) is 4.46. The fourth-order valence-electron chi connectivity index (χ4n) is 1.16. The van der Waals surface area contributed by atoms with E-state index in [-0.39, 0.29) is 12.4 Å². The van der Waals surface area contributed by atoms with Crippen LogP contribution in [0.3, 0.4) is 0 Å². The van der Waals surface area contributed by atoms with Gasteiger partial charge in [-0.25, -0.2) is 10.3 Å². The molecule has 0 bridgehead atoms. The highest BCUT2D eigenvalue weighted by atomic mass is 19.1. The first-order valence-electron chi connectivity index (χ1n) is 3.84. The molecule has 0 spiro atoms. The van der Waals surface area contributed by atoms with Crippen molar-refractivity contribution in [1.82, 2.24) is 0 Å². The zero-order valence-electron chi connectivity index (χ0n) is 7.63. The van der Waals surface area contributed by atoms with E-state index in [9.17, 15) is 4.39 Å². The summed E-state index contributed by atoms with van der Waals surface area (Å²) in [5.41, 5.74) is 1.15. The lowest BCUT2D eigenvalue weighted by atomic mass is 10.1. The summed E-state index contributed by atoms with van der Waals surface area (Å²) in [6, 6.07) is 2.91. The van der Waals surface area contributed by atoms with Crippen molar-refractivity contribution < 1.29 is 14.0 Å². The third-order valence-electron chi connectivity index (χ3n) is 1.94. The fraction of sp³-hybridized carbons (Fsp3) is 0.333. The highest BCUT2D eigenvalue weighted by Crippen LogP contribution is 2.24. The van der Waals surface area contributed by atoms with Gasteiger partial charge in [-0.1, -0.05) is 0 Å². The van der Waals surface area contributed by atoms with Gasteiger partial charge in [0.1, 0.15) is 11.6 Å². The molecule has 3 nitrogen and oxygen atoms in total. The van der Waals surface area contributed by atoms with Crippen molar-refractivity contribution in [2.45, 2.75) is 13.5 Å². The zero-order chi connectivity index (χ0) is 9.84. The Hall–Kier alpha value is -1.13. The molecule has 0 heterocycles. The van der Waals surface area contributed by atoms with E-state index in [0.29, 0.717) is 16.9 Å². The van der Waals surface area contributed by atoms with Crippen LogP contribution in [0.2, 0.25) is 0 Å². The van der Waals surface area contributed by atoms with Gasteiger partial charge in [-0.05, 0) is 24.6 Å². The number of hydrogen-bond donors (Lipinski definition) is 1. The van der Waals surface area contributed by atoms with Crippen LogP contribution in [0.5, 0.6) is 5.75 Å². The molecule has 0 unspecified atom stereocenters. The molecule has 0 aromatic heterocycles. The summed E-state index contributed by atoms with van der Waals surface area (Å²) < 4.78 is 18.1. The number of rotatable bonds is 3. The SMILES string of the molecule is COc1ccc(F)c(C)c1CON. The first-order valence-corrected chi connectivity index (χ1v) is 3.84. The molecule has 0 fully saturated rings. The van der Waals surface area contributed by atoms with Crippen LogP contribution < -0.4 is 10.6 Å². The highest BCUT2D eigenvalue weighted by Gasteiger charge is 2.09. The van der Waals surface area contributed by atoms with Gasteiger partial charge in [0.2, 0.25) is 0 Å². The third kappa shape index (κ3) is 1.96. The number of nitrogens with two attached hydrogens (primary N) is 1. The molecule has 0 aliphatic carbocycles. The van der Waals surface area contributed by atoms with Gasteiger partial charge in [-0.3, -0.25) is 4.84 Å². The predicted molar refractivity (Wildman–Crippen MR) is 46.7 cm³/mol. The van der Waals surface area contributed by atoms with Gasteiger partial charge in [0.15, 0.2) is 0 Å². The van der Waals surface area contributed by atoms with Crippen LogP contribution in [0.4, 0.5) is 4.39 Å². The van der Waals surface area contributed by atoms with Gasteiger partial charge in [-0.15, -0.1) is 0 Å². The monoisotopic (exact) mass is 185 g/mol. The molecule has 0 amide bonds. The van der Waals surface area contributed by atoms with E-state index in [4.69, 9.17) is 10.6 Å². The molecule has 72 valence electrons. The molecule has 0 aliphatic rings. The lowest BCUT2D eigenvalue weighted by molar-refractivity contribution is 0.121. The molecular weight excluding hydrogens is 173 g/mol. The highest BCUT2D eigenvalue weighted by molar-refractivity contribution is 5.39. The Kier molecular flexibility index (Phi) is 3.22. The average molecular weight is 185 g/mol. The van der Waals surface area contributed by atoms with E-state index in [0.717, 1.165) is 0 Å². The first-order chi connectivity index (χ1) is 6.20. The second kappa shape index (κ2) is 4.20. The van der Waals surface area contributed by atoms with Crippen LogP contribution in [-0.4, -0.2) is 7.11 Å². The van der Waals surface area contributed by atoms with E-state index in [2.05, 4.69) is 4.84 Å². The summed E-state index contributed by atoms with van der Waals surface area (Å²) in [5, 5.41) is 0. The second-order valence-corrected chi connectivity index (χ2v) is 2.66. The van der Waals surface area contributed by atoms with Gasteiger partial charge in [-0.2, -0.15) is 0 Å². The van der Waals surface area contributed by atoms with Gasteiger partial charge in [0, 0.05) is 5.56 Å². The number of hydrogen-bond acceptors (Lipinski definition) is 3. The standard InChI is InChI=1S/C9H12FNO2/c1-6-7(5-13-11)9(12-2)4-3-8(6)10/h3-4H,5,11H2,1-2H3. The van der Waals surface area contributed by atoms with E-state index < -0.39 is 0 Å². The van der Waals surface area contributed by atoms with Crippen LogP contribution in [0.25, 0.3) is 0 Å². The topological polar surface area (TPSA) is 44.5 Å². The normalized spacial score (nSPS) is 10.2. The molecule has 1 rings (SSSR count). The van der Waals surface area contributed by atoms with Gasteiger partial charge < -0.3 is 4.74 Å². The van der Waals surface area contributed by atoms with Crippen LogP contribution in [-0.2, 0) is 11.4 Å². The lowest BCUT2D eigenvalue weighted by Gasteiger charge is -2.10. The van der Waals surface area contributed by atoms with Crippen LogP contribution in [0, 0.1) is 12.7 Å². The molecule has 2 N–H and O–H groups in total. The van der Waals surface area contributed by atoms with Crippen LogP contribution in [0.1, 0.15) is 11.1 Å². The van der Waals surface area contributed by atoms with E-state index in [1.807, 2.05) is 0 Å². The Balaban J connectivity index is 3.15. The molecule has 13 heavy (non-hydrogen) atoms. The molecule has 0 saturated carbocycles. The van der Waals surface area contributed by atoms with Crippen LogP contribution >= 0.6 is 0 Å². The number of benzene rings is 1. The average Bonchev–Trinajstić information content (AvgIpc) is 2.14. The maximum atomic E-state index is 13.1. The molecule has 1 aromatic carbocycles. The minimum atomic E-state index is -0.284.